The summed E-state index contributed by atoms with van der Waals surface area (Å²) in [6.45, 7) is 8.98. The van der Waals surface area contributed by atoms with Crippen LogP contribution in [0.4, 0.5) is 10.2 Å². The molecule has 11 nitrogen and oxygen atoms in total. The number of halogens is 1. The molecule has 2 aromatic heterocycles. The fraction of sp³-hybridized carbons (Fsp3) is 0.370. The maximum absolute atomic E-state index is 13.8. The van der Waals surface area contributed by atoms with Gasteiger partial charge in [0.05, 0.1) is 25.5 Å². The van der Waals surface area contributed by atoms with Gasteiger partial charge in [0.1, 0.15) is 12.1 Å². The molecule has 0 atom stereocenters. The Kier molecular flexibility index (Phi) is 7.71. The number of hydrogen-bond donors (Lipinski definition) is 0. The predicted octanol–water partition coefficient (Wildman–Crippen LogP) is 3.51. The van der Waals surface area contributed by atoms with E-state index in [-0.39, 0.29) is 11.7 Å². The van der Waals surface area contributed by atoms with Crippen molar-refractivity contribution in [2.75, 3.05) is 50.9 Å². The second kappa shape index (κ2) is 11.5. The van der Waals surface area contributed by atoms with Gasteiger partial charge in [0.15, 0.2) is 28.5 Å². The van der Waals surface area contributed by atoms with Crippen molar-refractivity contribution in [3.63, 3.8) is 0 Å². The second-order valence-electron chi connectivity index (χ2n) is 8.73. The largest absolute Gasteiger partial charge is 0.490 e. The summed E-state index contributed by atoms with van der Waals surface area (Å²) < 4.78 is 32.6. The average Bonchev–Trinajstić information content (AvgIpc) is 3.39. The summed E-state index contributed by atoms with van der Waals surface area (Å²) in [6.07, 6.45) is 1.44. The van der Waals surface area contributed by atoms with Gasteiger partial charge in [-0.15, -0.1) is 5.10 Å². The van der Waals surface area contributed by atoms with E-state index in [2.05, 4.69) is 20.3 Å². The average molecular weight is 536 g/mol. The minimum absolute atomic E-state index is 0.121. The lowest BCUT2D eigenvalue weighted by Crippen LogP contribution is -2.49. The van der Waals surface area contributed by atoms with Crippen LogP contribution in [0.1, 0.15) is 31.1 Å². The van der Waals surface area contributed by atoms with Gasteiger partial charge in [-0.3, -0.25) is 4.79 Å². The summed E-state index contributed by atoms with van der Waals surface area (Å²) in [6, 6.07) is 9.50. The first-order chi connectivity index (χ1) is 19.0. The Morgan fingerprint density at radius 1 is 0.923 bits per heavy atom. The van der Waals surface area contributed by atoms with E-state index in [9.17, 15) is 9.18 Å². The Morgan fingerprint density at radius 3 is 2.26 bits per heavy atom. The van der Waals surface area contributed by atoms with Gasteiger partial charge >= 0.3 is 0 Å². The highest BCUT2D eigenvalue weighted by atomic mass is 19.1. The highest BCUT2D eigenvalue weighted by Gasteiger charge is 2.27. The minimum atomic E-state index is -0.375. The first-order valence-electron chi connectivity index (χ1n) is 13.0. The third kappa shape index (κ3) is 5.27. The van der Waals surface area contributed by atoms with Crippen molar-refractivity contribution in [1.82, 2.24) is 29.9 Å². The van der Waals surface area contributed by atoms with Crippen LogP contribution in [0.2, 0.25) is 0 Å². The molecule has 0 saturated carbocycles. The topological polar surface area (TPSA) is 108 Å². The van der Waals surface area contributed by atoms with Crippen LogP contribution in [0.3, 0.4) is 0 Å². The molecule has 4 aromatic rings. The highest BCUT2D eigenvalue weighted by molar-refractivity contribution is 5.96. The van der Waals surface area contributed by atoms with Crippen molar-refractivity contribution in [1.29, 1.82) is 0 Å². The van der Waals surface area contributed by atoms with Crippen LogP contribution in [0.5, 0.6) is 17.2 Å². The number of piperazine rings is 1. The lowest BCUT2D eigenvalue weighted by atomic mass is 10.1. The van der Waals surface area contributed by atoms with E-state index in [1.54, 1.807) is 29.2 Å². The molecule has 3 heterocycles. The van der Waals surface area contributed by atoms with Gasteiger partial charge in [0, 0.05) is 31.7 Å². The molecule has 2 aromatic carbocycles. The zero-order chi connectivity index (χ0) is 27.4. The van der Waals surface area contributed by atoms with E-state index >= 15 is 0 Å². The number of nitrogens with zero attached hydrogens (tertiary/aromatic N) is 7. The number of carbonyl (C=O) groups excluding carboxylic acids is 1. The Morgan fingerprint density at radius 2 is 1.62 bits per heavy atom. The lowest BCUT2D eigenvalue weighted by Gasteiger charge is -2.35. The quantitative estimate of drug-likeness (QED) is 0.318. The van der Waals surface area contributed by atoms with Crippen LogP contribution in [0, 0.1) is 5.82 Å². The van der Waals surface area contributed by atoms with Crippen molar-refractivity contribution in [3.8, 4) is 22.9 Å². The summed E-state index contributed by atoms with van der Waals surface area (Å²) in [4.78, 5) is 26.1. The minimum Gasteiger partial charge on any atom is -0.490 e. The van der Waals surface area contributed by atoms with Crippen LogP contribution < -0.4 is 19.1 Å². The third-order valence-corrected chi connectivity index (χ3v) is 6.29. The molecule has 39 heavy (non-hydrogen) atoms. The van der Waals surface area contributed by atoms with Crippen molar-refractivity contribution in [2.45, 2.75) is 20.8 Å². The summed E-state index contributed by atoms with van der Waals surface area (Å²) in [5, 5.41) is 8.47. The van der Waals surface area contributed by atoms with Crippen LogP contribution in [0.25, 0.3) is 16.9 Å². The van der Waals surface area contributed by atoms with Gasteiger partial charge in [0.2, 0.25) is 5.75 Å². The van der Waals surface area contributed by atoms with E-state index in [0.29, 0.717) is 91.5 Å². The maximum atomic E-state index is 13.8. The number of rotatable bonds is 9. The molecule has 0 bridgehead atoms. The molecule has 0 unspecified atom stereocenters. The van der Waals surface area contributed by atoms with Crippen LogP contribution in [0.15, 0.2) is 42.7 Å². The number of fused-ring (bicyclic) bond motifs is 1. The summed E-state index contributed by atoms with van der Waals surface area (Å²) in [7, 11) is 0. The monoisotopic (exact) mass is 535 g/mol. The molecule has 1 saturated heterocycles. The molecule has 1 aliphatic heterocycles. The standard InChI is InChI=1S/C27H30FN7O4/c1-4-37-21-14-18(15-22(38-5-2)24(21)39-6-3)27(36)34-12-10-33(11-13-34)25-23-26(30-17-29-25)35(32-31-23)20-9-7-8-19(28)16-20/h7-9,14-17H,4-6,10-13H2,1-3H3. The fourth-order valence-electron chi connectivity index (χ4n) is 4.57. The van der Waals surface area contributed by atoms with Crippen molar-refractivity contribution in [3.05, 3.63) is 54.1 Å². The Balaban J connectivity index is 1.35. The van der Waals surface area contributed by atoms with Gasteiger partial charge in [-0.25, -0.2) is 14.4 Å². The van der Waals surface area contributed by atoms with Crippen LogP contribution in [-0.4, -0.2) is 81.8 Å². The first-order valence-corrected chi connectivity index (χ1v) is 13.0. The molecule has 0 radical (unpaired) electrons. The number of hydrogen-bond acceptors (Lipinski definition) is 9. The third-order valence-electron chi connectivity index (χ3n) is 6.29. The van der Waals surface area contributed by atoms with Gasteiger partial charge in [-0.2, -0.15) is 4.68 Å². The summed E-state index contributed by atoms with van der Waals surface area (Å²) in [5.41, 5.74) is 1.98. The molecule has 0 spiro atoms. The molecule has 204 valence electrons. The van der Waals surface area contributed by atoms with Crippen molar-refractivity contribution < 1.29 is 23.4 Å². The Bertz CT molecular complexity index is 1440. The molecule has 12 heteroatoms. The molecule has 0 aliphatic carbocycles. The number of amides is 1. The van der Waals surface area contributed by atoms with Gasteiger partial charge < -0.3 is 24.0 Å². The highest BCUT2D eigenvalue weighted by Crippen LogP contribution is 2.39. The maximum Gasteiger partial charge on any atom is 0.254 e. The number of aromatic nitrogens is 5. The lowest BCUT2D eigenvalue weighted by molar-refractivity contribution is 0.0745. The number of carbonyl (C=O) groups is 1. The van der Waals surface area contributed by atoms with E-state index in [1.807, 2.05) is 25.7 Å². The number of benzene rings is 2. The van der Waals surface area contributed by atoms with Crippen LogP contribution in [-0.2, 0) is 0 Å². The first kappa shape index (κ1) is 26.1. The van der Waals surface area contributed by atoms with Gasteiger partial charge in [-0.1, -0.05) is 11.3 Å². The fourth-order valence-corrected chi connectivity index (χ4v) is 4.57. The van der Waals surface area contributed by atoms with E-state index in [4.69, 9.17) is 14.2 Å². The Labute approximate surface area is 225 Å². The molecule has 1 aliphatic rings. The molecular formula is C27H30FN7O4. The molecule has 0 N–H and O–H groups in total. The second-order valence-corrected chi connectivity index (χ2v) is 8.73. The number of ether oxygens (including phenoxy) is 3. The number of anilines is 1. The van der Waals surface area contributed by atoms with Crippen molar-refractivity contribution in [2.24, 2.45) is 0 Å². The van der Waals surface area contributed by atoms with Gasteiger partial charge in [0.25, 0.3) is 5.91 Å². The SMILES string of the molecule is CCOc1cc(C(=O)N2CCN(c3ncnc4c3nnn4-c3cccc(F)c3)CC2)cc(OCC)c1OCC. The van der Waals surface area contributed by atoms with E-state index < -0.39 is 0 Å². The molecule has 1 fully saturated rings. The zero-order valence-electron chi connectivity index (χ0n) is 22.1. The Hall–Kier alpha value is -4.48. The molecule has 1 amide bonds. The zero-order valence-corrected chi connectivity index (χ0v) is 22.1. The smallest absolute Gasteiger partial charge is 0.254 e. The molecular weight excluding hydrogens is 505 g/mol. The van der Waals surface area contributed by atoms with E-state index in [0.717, 1.165) is 0 Å². The molecule has 5 rings (SSSR count). The summed E-state index contributed by atoms with van der Waals surface area (Å²) in [5.74, 6) is 1.59. The van der Waals surface area contributed by atoms with E-state index in [1.165, 1.54) is 23.1 Å². The normalized spacial score (nSPS) is 13.5. The van der Waals surface area contributed by atoms with Crippen LogP contribution >= 0.6 is 0 Å². The van der Waals surface area contributed by atoms with Gasteiger partial charge in [-0.05, 0) is 51.1 Å². The predicted molar refractivity (Wildman–Crippen MR) is 142 cm³/mol. The van der Waals surface area contributed by atoms with Crippen molar-refractivity contribution >= 4 is 22.9 Å². The summed E-state index contributed by atoms with van der Waals surface area (Å²) >= 11 is 0.